The van der Waals surface area contributed by atoms with E-state index in [1.807, 2.05) is 50.4 Å². The average molecular weight is 353 g/mol. The van der Waals surface area contributed by atoms with E-state index in [9.17, 15) is 4.79 Å². The van der Waals surface area contributed by atoms with Crippen molar-refractivity contribution in [3.05, 3.63) is 69.6 Å². The van der Waals surface area contributed by atoms with E-state index in [-0.39, 0.29) is 5.63 Å². The van der Waals surface area contributed by atoms with Gasteiger partial charge in [-0.2, -0.15) is 0 Å². The molecule has 136 valence electrons. The summed E-state index contributed by atoms with van der Waals surface area (Å²) in [6.45, 7) is 3.29. The molecule has 3 rings (SSSR count). The monoisotopic (exact) mass is 353 g/mol. The number of fused-ring (bicyclic) bond motifs is 1. The summed E-state index contributed by atoms with van der Waals surface area (Å²) < 4.78 is 16.1. The molecule has 0 N–H and O–H groups in total. The van der Waals surface area contributed by atoms with Crippen LogP contribution in [0.4, 0.5) is 0 Å². The smallest absolute Gasteiger partial charge is 0.336 e. The fourth-order valence-corrected chi connectivity index (χ4v) is 3.09. The van der Waals surface area contributed by atoms with Gasteiger partial charge in [0.1, 0.15) is 17.1 Å². The Kier molecular flexibility index (Phi) is 5.28. The second kappa shape index (κ2) is 7.62. The standard InChI is InChI=1S/C21H23NO4/c1-14-5-8-18-16(10-21(23)26-20(18)9-14)13-22(2)12-15-6-7-17(24-3)11-19(15)25-4/h5-11H,12-13H2,1-4H3. The third-order valence-electron chi connectivity index (χ3n) is 4.36. The van der Waals surface area contributed by atoms with Crippen molar-refractivity contribution in [3.8, 4) is 11.5 Å². The Morgan fingerprint density at radius 1 is 0.962 bits per heavy atom. The molecule has 3 aromatic rings. The van der Waals surface area contributed by atoms with E-state index in [0.29, 0.717) is 18.7 Å². The first-order valence-corrected chi connectivity index (χ1v) is 8.43. The van der Waals surface area contributed by atoms with E-state index in [0.717, 1.165) is 33.6 Å². The first kappa shape index (κ1) is 18.0. The summed E-state index contributed by atoms with van der Waals surface area (Å²) in [5.74, 6) is 1.54. The summed E-state index contributed by atoms with van der Waals surface area (Å²) in [6, 6.07) is 13.3. The Balaban J connectivity index is 1.86. The van der Waals surface area contributed by atoms with Gasteiger partial charge >= 0.3 is 5.63 Å². The predicted molar refractivity (Wildman–Crippen MR) is 102 cm³/mol. The lowest BCUT2D eigenvalue weighted by Crippen LogP contribution is -2.19. The first-order chi connectivity index (χ1) is 12.5. The van der Waals surface area contributed by atoms with E-state index >= 15 is 0 Å². The lowest BCUT2D eigenvalue weighted by Gasteiger charge is -2.19. The van der Waals surface area contributed by atoms with Crippen LogP contribution in [0.2, 0.25) is 0 Å². The summed E-state index contributed by atoms with van der Waals surface area (Å²) in [6.07, 6.45) is 0. The second-order valence-electron chi connectivity index (χ2n) is 6.44. The molecule has 0 aliphatic rings. The van der Waals surface area contributed by atoms with Gasteiger partial charge in [0.05, 0.1) is 14.2 Å². The molecule has 0 bridgehead atoms. The highest BCUT2D eigenvalue weighted by molar-refractivity contribution is 5.80. The number of ether oxygens (including phenoxy) is 2. The molecule has 0 atom stereocenters. The van der Waals surface area contributed by atoms with Gasteiger partial charge in [-0.3, -0.25) is 4.90 Å². The topological polar surface area (TPSA) is 51.9 Å². The van der Waals surface area contributed by atoms with Crippen molar-refractivity contribution in [2.45, 2.75) is 20.0 Å². The molecule has 0 unspecified atom stereocenters. The fourth-order valence-electron chi connectivity index (χ4n) is 3.09. The molecule has 26 heavy (non-hydrogen) atoms. The molecular formula is C21H23NO4. The molecule has 0 aliphatic carbocycles. The molecule has 2 aromatic carbocycles. The van der Waals surface area contributed by atoms with Crippen molar-refractivity contribution >= 4 is 11.0 Å². The van der Waals surface area contributed by atoms with E-state index in [1.54, 1.807) is 20.3 Å². The molecule has 0 saturated carbocycles. The molecule has 0 saturated heterocycles. The largest absolute Gasteiger partial charge is 0.497 e. The zero-order valence-electron chi connectivity index (χ0n) is 15.5. The number of nitrogens with zero attached hydrogens (tertiary/aromatic N) is 1. The van der Waals surface area contributed by atoms with Crippen LogP contribution < -0.4 is 15.1 Å². The maximum atomic E-state index is 11.9. The fraction of sp³-hybridized carbons (Fsp3) is 0.286. The van der Waals surface area contributed by atoms with Gasteiger partial charge in [0.2, 0.25) is 0 Å². The molecule has 0 aliphatic heterocycles. The minimum absolute atomic E-state index is 0.325. The van der Waals surface area contributed by atoms with E-state index in [4.69, 9.17) is 13.9 Å². The molecule has 5 heteroatoms. The minimum atomic E-state index is -0.325. The van der Waals surface area contributed by atoms with Gasteiger partial charge in [0.15, 0.2) is 0 Å². The zero-order chi connectivity index (χ0) is 18.7. The molecule has 1 aromatic heterocycles. The minimum Gasteiger partial charge on any atom is -0.497 e. The molecule has 0 fully saturated rings. The van der Waals surface area contributed by atoms with Crippen LogP contribution in [-0.4, -0.2) is 26.2 Å². The Morgan fingerprint density at radius 3 is 2.46 bits per heavy atom. The van der Waals surface area contributed by atoms with Crippen LogP contribution in [0.1, 0.15) is 16.7 Å². The molecule has 5 nitrogen and oxygen atoms in total. The molecule has 1 heterocycles. The van der Waals surface area contributed by atoms with Crippen molar-refractivity contribution in [2.75, 3.05) is 21.3 Å². The normalized spacial score (nSPS) is 11.1. The third-order valence-corrected chi connectivity index (χ3v) is 4.36. The predicted octanol–water partition coefficient (Wildman–Crippen LogP) is 3.75. The van der Waals surface area contributed by atoms with E-state index in [1.165, 1.54) is 0 Å². The highest BCUT2D eigenvalue weighted by atomic mass is 16.5. The summed E-state index contributed by atoms with van der Waals surface area (Å²) in [4.78, 5) is 14.0. The highest BCUT2D eigenvalue weighted by Gasteiger charge is 2.12. The molecule has 0 radical (unpaired) electrons. The Labute approximate surface area is 152 Å². The molecule has 0 spiro atoms. The third kappa shape index (κ3) is 3.89. The number of methoxy groups -OCH3 is 2. The quantitative estimate of drug-likeness (QED) is 0.632. The van der Waals surface area contributed by atoms with Crippen molar-refractivity contribution < 1.29 is 13.9 Å². The SMILES string of the molecule is COc1ccc(CN(C)Cc2cc(=O)oc3cc(C)ccc23)c(OC)c1. The van der Waals surface area contributed by atoms with Crippen LogP contribution in [0.25, 0.3) is 11.0 Å². The van der Waals surface area contributed by atoms with Gasteiger partial charge in [-0.15, -0.1) is 0 Å². The number of aryl methyl sites for hydroxylation is 1. The van der Waals surface area contributed by atoms with Gasteiger partial charge in [0.25, 0.3) is 0 Å². The van der Waals surface area contributed by atoms with Crippen molar-refractivity contribution in [3.63, 3.8) is 0 Å². The zero-order valence-corrected chi connectivity index (χ0v) is 15.5. The van der Waals surface area contributed by atoms with E-state index in [2.05, 4.69) is 4.90 Å². The summed E-state index contributed by atoms with van der Waals surface area (Å²) in [5.41, 5.74) is 3.37. The summed E-state index contributed by atoms with van der Waals surface area (Å²) in [5, 5.41) is 0.962. The lowest BCUT2D eigenvalue weighted by atomic mass is 10.1. The van der Waals surface area contributed by atoms with Gasteiger partial charge in [0, 0.05) is 36.2 Å². The first-order valence-electron chi connectivity index (χ1n) is 8.43. The van der Waals surface area contributed by atoms with Gasteiger partial charge in [-0.25, -0.2) is 4.79 Å². The van der Waals surface area contributed by atoms with Crippen molar-refractivity contribution in [1.29, 1.82) is 0 Å². The van der Waals surface area contributed by atoms with Crippen LogP contribution in [0.3, 0.4) is 0 Å². The van der Waals surface area contributed by atoms with Crippen molar-refractivity contribution in [1.82, 2.24) is 4.90 Å². The van der Waals surface area contributed by atoms with Gasteiger partial charge < -0.3 is 13.9 Å². The average Bonchev–Trinajstić information content (AvgIpc) is 2.61. The van der Waals surface area contributed by atoms with Gasteiger partial charge in [-0.05, 0) is 37.2 Å². The number of hydrogen-bond donors (Lipinski definition) is 0. The Hall–Kier alpha value is -2.79. The number of rotatable bonds is 6. The van der Waals surface area contributed by atoms with Crippen molar-refractivity contribution in [2.24, 2.45) is 0 Å². The number of hydrogen-bond acceptors (Lipinski definition) is 5. The lowest BCUT2D eigenvalue weighted by molar-refractivity contribution is 0.309. The van der Waals surface area contributed by atoms with Crippen LogP contribution in [0, 0.1) is 6.92 Å². The summed E-state index contributed by atoms with van der Waals surface area (Å²) >= 11 is 0. The van der Waals surface area contributed by atoms with Crippen LogP contribution >= 0.6 is 0 Å². The Bertz CT molecular complexity index is 977. The maximum absolute atomic E-state index is 11.9. The Morgan fingerprint density at radius 2 is 1.73 bits per heavy atom. The van der Waals surface area contributed by atoms with E-state index < -0.39 is 0 Å². The molecule has 0 amide bonds. The second-order valence-corrected chi connectivity index (χ2v) is 6.44. The van der Waals surface area contributed by atoms with Crippen LogP contribution in [0.15, 0.2) is 51.7 Å². The maximum Gasteiger partial charge on any atom is 0.336 e. The highest BCUT2D eigenvalue weighted by Crippen LogP contribution is 2.26. The molecular weight excluding hydrogens is 330 g/mol. The van der Waals surface area contributed by atoms with Crippen LogP contribution in [0.5, 0.6) is 11.5 Å². The summed E-state index contributed by atoms with van der Waals surface area (Å²) in [7, 11) is 5.29. The van der Waals surface area contributed by atoms with Gasteiger partial charge in [-0.1, -0.05) is 18.2 Å². The number of benzene rings is 2. The van der Waals surface area contributed by atoms with Crippen LogP contribution in [-0.2, 0) is 13.1 Å².